The van der Waals surface area contributed by atoms with Gasteiger partial charge in [-0.2, -0.15) is 10.2 Å². The third-order valence-electron chi connectivity index (χ3n) is 8.09. The monoisotopic (exact) mass is 682 g/mol. The number of anilines is 2. The fourth-order valence-electron chi connectivity index (χ4n) is 5.55. The van der Waals surface area contributed by atoms with Crippen molar-refractivity contribution in [3.8, 4) is 0 Å². The minimum Gasteiger partial charge on any atom is -0.392 e. The summed E-state index contributed by atoms with van der Waals surface area (Å²) < 4.78 is 0. The van der Waals surface area contributed by atoms with E-state index in [9.17, 15) is 29.1 Å². The van der Waals surface area contributed by atoms with E-state index in [0.29, 0.717) is 29.1 Å². The molecule has 0 aromatic heterocycles. The summed E-state index contributed by atoms with van der Waals surface area (Å²) in [6.45, 7) is 1.89. The lowest BCUT2D eigenvalue weighted by Gasteiger charge is -2.29. The van der Waals surface area contributed by atoms with Crippen molar-refractivity contribution in [2.75, 3.05) is 30.4 Å². The van der Waals surface area contributed by atoms with Crippen LogP contribution in [0, 0.1) is 0 Å². The van der Waals surface area contributed by atoms with Gasteiger partial charge < -0.3 is 37.0 Å². The van der Waals surface area contributed by atoms with E-state index in [1.807, 2.05) is 55.5 Å². The molecule has 14 heteroatoms. The number of aliphatic hydroxyl groups excluding tert-OH is 1. The quantitative estimate of drug-likeness (QED) is 0.111. The molecule has 0 unspecified atom stereocenters. The summed E-state index contributed by atoms with van der Waals surface area (Å²) in [5.41, 5.74) is 11.1. The Morgan fingerprint density at radius 2 is 1.60 bits per heavy atom. The van der Waals surface area contributed by atoms with Gasteiger partial charge in [-0.1, -0.05) is 54.6 Å². The lowest BCUT2D eigenvalue weighted by atomic mass is 9.93. The molecular weight excluding hydrogens is 640 g/mol. The number of rotatable bonds is 14. The van der Waals surface area contributed by atoms with Crippen molar-refractivity contribution >= 4 is 52.3 Å². The Balaban J connectivity index is 1.37. The van der Waals surface area contributed by atoms with Crippen molar-refractivity contribution < 1.29 is 29.1 Å². The average molecular weight is 683 g/mol. The van der Waals surface area contributed by atoms with Crippen LogP contribution < -0.4 is 31.9 Å². The van der Waals surface area contributed by atoms with Crippen molar-refractivity contribution in [3.63, 3.8) is 0 Å². The largest absolute Gasteiger partial charge is 0.392 e. The first-order valence-corrected chi connectivity index (χ1v) is 16.2. The highest BCUT2D eigenvalue weighted by Crippen LogP contribution is 2.38. The zero-order chi connectivity index (χ0) is 36.0. The van der Waals surface area contributed by atoms with Crippen LogP contribution in [-0.4, -0.2) is 60.9 Å². The molecule has 50 heavy (non-hydrogen) atoms. The highest BCUT2D eigenvalue weighted by molar-refractivity contribution is 6.02. The minimum atomic E-state index is -0.988. The van der Waals surface area contributed by atoms with Gasteiger partial charge in [-0.05, 0) is 60.2 Å². The molecule has 1 atom stereocenters. The van der Waals surface area contributed by atoms with Crippen molar-refractivity contribution in [2.45, 2.75) is 51.8 Å². The van der Waals surface area contributed by atoms with E-state index in [4.69, 9.17) is 5.73 Å². The first-order chi connectivity index (χ1) is 24.1. The van der Waals surface area contributed by atoms with Crippen molar-refractivity contribution in [3.05, 3.63) is 95.1 Å². The molecule has 0 aliphatic carbocycles. The fourth-order valence-corrected chi connectivity index (χ4v) is 5.55. The number of carbonyl (C=O) groups excluding carboxylic acids is 5. The van der Waals surface area contributed by atoms with Gasteiger partial charge in [0.25, 0.3) is 0 Å². The van der Waals surface area contributed by atoms with E-state index in [-0.39, 0.29) is 44.9 Å². The highest BCUT2D eigenvalue weighted by Gasteiger charge is 2.26. The van der Waals surface area contributed by atoms with Gasteiger partial charge in [0.05, 0.1) is 31.1 Å². The molecule has 0 bridgehead atoms. The molecule has 4 rings (SSSR count). The standard InChI is InChI=1S/C36H42N8O6/c1-23-27-9-4-3-8-25(27)21-44(30-12-6-5-10-28(30)34(23)43-38-2)33(48)18-17-31(46)40-20-32(47)42-29(11-7-19-39-36(37)50)35(49)41-26-15-13-24(22-45)14-16-26/h3-6,8-10,12-16,29,45H,7,11,17-22H2,1-2H3,(H,40,46)(H,41,49)(H,42,47)(H3,37,39,50)/b34-23+,43-38-/t29-/m0/s1. The Hall–Kier alpha value is -5.89. The summed E-state index contributed by atoms with van der Waals surface area (Å²) in [6.07, 6.45) is 0.215. The number of primary amides is 1. The van der Waals surface area contributed by atoms with Gasteiger partial charge in [-0.25, -0.2) is 4.79 Å². The number of nitrogens with one attached hydrogen (secondary N) is 4. The fraction of sp³-hybridized carbons (Fsp3) is 0.306. The maximum absolute atomic E-state index is 13.7. The maximum atomic E-state index is 13.7. The molecule has 1 aliphatic rings. The zero-order valence-electron chi connectivity index (χ0n) is 28.1. The van der Waals surface area contributed by atoms with Crippen LogP contribution in [0.25, 0.3) is 11.3 Å². The van der Waals surface area contributed by atoms with Gasteiger partial charge in [0.2, 0.25) is 23.6 Å². The number of hydrogen-bond donors (Lipinski definition) is 6. The number of carbonyl (C=O) groups is 5. The number of fused-ring (bicyclic) bond motifs is 2. The van der Waals surface area contributed by atoms with E-state index < -0.39 is 36.3 Å². The van der Waals surface area contributed by atoms with Crippen LogP contribution in [0.15, 0.2) is 83.0 Å². The summed E-state index contributed by atoms with van der Waals surface area (Å²) >= 11 is 0. The molecule has 1 heterocycles. The molecule has 0 saturated heterocycles. The molecule has 14 nitrogen and oxygen atoms in total. The van der Waals surface area contributed by atoms with Crippen LogP contribution in [-0.2, 0) is 32.3 Å². The zero-order valence-corrected chi connectivity index (χ0v) is 28.1. The molecule has 6 amide bonds. The summed E-state index contributed by atoms with van der Waals surface area (Å²) in [4.78, 5) is 65.1. The number of amides is 6. The van der Waals surface area contributed by atoms with E-state index in [0.717, 1.165) is 22.3 Å². The molecule has 0 radical (unpaired) electrons. The Morgan fingerprint density at radius 1 is 0.900 bits per heavy atom. The Morgan fingerprint density at radius 3 is 2.30 bits per heavy atom. The van der Waals surface area contributed by atoms with Crippen LogP contribution in [0.2, 0.25) is 0 Å². The number of nitrogens with two attached hydrogens (primary N) is 1. The SMILES string of the molecule is C/N=N\C1=C(/C)c2ccccc2CN(C(=O)CCC(=O)NCC(=O)N[C@@H](CCCNC(N)=O)C(=O)Nc2ccc(CO)cc2)c2ccccc21. The Labute approximate surface area is 290 Å². The number of hydrogen-bond acceptors (Lipinski definition) is 8. The van der Waals surface area contributed by atoms with Gasteiger partial charge in [-0.3, -0.25) is 19.2 Å². The topological polar surface area (TPSA) is 208 Å². The normalized spacial score (nSPS) is 14.4. The molecule has 7 N–H and O–H groups in total. The second kappa shape index (κ2) is 18.0. The third-order valence-corrected chi connectivity index (χ3v) is 8.09. The van der Waals surface area contributed by atoms with Gasteiger partial charge in [0.15, 0.2) is 0 Å². The summed E-state index contributed by atoms with van der Waals surface area (Å²) in [7, 11) is 1.59. The first-order valence-electron chi connectivity index (χ1n) is 16.2. The molecule has 0 spiro atoms. The van der Waals surface area contributed by atoms with Gasteiger partial charge in [0.1, 0.15) is 6.04 Å². The minimum absolute atomic E-state index is 0.121. The highest BCUT2D eigenvalue weighted by atomic mass is 16.3. The van der Waals surface area contributed by atoms with Crippen molar-refractivity contribution in [1.29, 1.82) is 0 Å². The lowest BCUT2D eigenvalue weighted by Crippen LogP contribution is -2.47. The van der Waals surface area contributed by atoms with Gasteiger partial charge >= 0.3 is 6.03 Å². The molecule has 3 aromatic carbocycles. The third kappa shape index (κ3) is 10.1. The maximum Gasteiger partial charge on any atom is 0.312 e. The van der Waals surface area contributed by atoms with E-state index in [2.05, 4.69) is 31.5 Å². The second-order valence-electron chi connectivity index (χ2n) is 11.6. The predicted octanol–water partition coefficient (Wildman–Crippen LogP) is 3.46. The number of azo groups is 1. The summed E-state index contributed by atoms with van der Waals surface area (Å²) in [5.74, 6) is -1.92. The number of urea groups is 1. The summed E-state index contributed by atoms with van der Waals surface area (Å²) in [5, 5.41) is 28.0. The van der Waals surface area contributed by atoms with E-state index in [1.54, 1.807) is 36.2 Å². The molecule has 3 aromatic rings. The Bertz CT molecular complexity index is 1770. The number of nitrogens with zero attached hydrogens (tertiary/aromatic N) is 3. The molecule has 0 fully saturated rings. The van der Waals surface area contributed by atoms with E-state index >= 15 is 0 Å². The molecule has 262 valence electrons. The molecule has 1 aliphatic heterocycles. The second-order valence-corrected chi connectivity index (χ2v) is 11.6. The molecular formula is C36H42N8O6. The predicted molar refractivity (Wildman–Crippen MR) is 189 cm³/mol. The Kier molecular flexibility index (Phi) is 13.3. The number of aliphatic hydroxyl groups is 1. The van der Waals surface area contributed by atoms with Crippen LogP contribution in [0.1, 0.15) is 54.9 Å². The van der Waals surface area contributed by atoms with Crippen LogP contribution in [0.4, 0.5) is 16.2 Å². The van der Waals surface area contributed by atoms with Crippen LogP contribution in [0.3, 0.4) is 0 Å². The average Bonchev–Trinajstić information content (AvgIpc) is 3.11. The van der Waals surface area contributed by atoms with Gasteiger partial charge in [-0.15, -0.1) is 0 Å². The number of para-hydroxylation sites is 1. The first kappa shape index (κ1) is 36.9. The van der Waals surface area contributed by atoms with Gasteiger partial charge in [0, 0.05) is 37.7 Å². The van der Waals surface area contributed by atoms with Crippen LogP contribution in [0.5, 0.6) is 0 Å². The molecule has 0 saturated carbocycles. The number of allylic oxidation sites excluding steroid dienone is 1. The smallest absolute Gasteiger partial charge is 0.312 e. The van der Waals surface area contributed by atoms with Crippen molar-refractivity contribution in [2.24, 2.45) is 16.0 Å². The van der Waals surface area contributed by atoms with Crippen LogP contribution >= 0.6 is 0 Å². The summed E-state index contributed by atoms with van der Waals surface area (Å²) in [6, 6.07) is 20.0. The van der Waals surface area contributed by atoms with E-state index in [1.165, 1.54) is 0 Å². The van der Waals surface area contributed by atoms with Crippen molar-refractivity contribution in [1.82, 2.24) is 16.0 Å². The number of benzene rings is 3. The lowest BCUT2D eigenvalue weighted by molar-refractivity contribution is -0.129.